The van der Waals surface area contributed by atoms with Gasteiger partial charge in [0.15, 0.2) is 0 Å². The predicted molar refractivity (Wildman–Crippen MR) is 82.1 cm³/mol. The molecule has 1 heterocycles. The van der Waals surface area contributed by atoms with E-state index in [1.54, 1.807) is 24.3 Å². The number of urea groups is 1. The number of amides is 2. The lowest BCUT2D eigenvalue weighted by Crippen LogP contribution is -2.42. The van der Waals surface area contributed by atoms with Crippen LogP contribution < -0.4 is 10.6 Å². The smallest absolute Gasteiger partial charge is 0.337 e. The summed E-state index contributed by atoms with van der Waals surface area (Å²) in [6.07, 6.45) is 0. The summed E-state index contributed by atoms with van der Waals surface area (Å²) in [6, 6.07) is 6.32. The lowest BCUT2D eigenvalue weighted by Gasteiger charge is -2.26. The second-order valence-corrected chi connectivity index (χ2v) is 4.91. The van der Waals surface area contributed by atoms with Crippen molar-refractivity contribution in [2.24, 2.45) is 0 Å². The molecule has 1 aliphatic rings. The van der Waals surface area contributed by atoms with Gasteiger partial charge in [0.1, 0.15) is 0 Å². The minimum atomic E-state index is -0.434. The van der Waals surface area contributed by atoms with Crippen molar-refractivity contribution in [3.63, 3.8) is 0 Å². The number of rotatable bonds is 5. The van der Waals surface area contributed by atoms with E-state index in [9.17, 15) is 9.59 Å². The first kappa shape index (κ1) is 16.3. The molecule has 7 nitrogen and oxygen atoms in total. The van der Waals surface area contributed by atoms with Crippen LogP contribution in [0.3, 0.4) is 0 Å². The van der Waals surface area contributed by atoms with Gasteiger partial charge in [0.2, 0.25) is 0 Å². The largest absolute Gasteiger partial charge is 0.465 e. The Morgan fingerprint density at radius 1 is 1.32 bits per heavy atom. The van der Waals surface area contributed by atoms with Crippen LogP contribution in [0.2, 0.25) is 0 Å². The lowest BCUT2D eigenvalue weighted by molar-refractivity contribution is 0.0388. The molecule has 2 rings (SSSR count). The fourth-order valence-corrected chi connectivity index (χ4v) is 2.17. The summed E-state index contributed by atoms with van der Waals surface area (Å²) >= 11 is 0. The van der Waals surface area contributed by atoms with Crippen molar-refractivity contribution in [1.82, 2.24) is 10.2 Å². The zero-order valence-electron chi connectivity index (χ0n) is 12.6. The van der Waals surface area contributed by atoms with Crippen LogP contribution in [0.15, 0.2) is 24.3 Å². The third-order valence-electron chi connectivity index (χ3n) is 3.36. The van der Waals surface area contributed by atoms with Gasteiger partial charge in [-0.05, 0) is 18.2 Å². The van der Waals surface area contributed by atoms with Gasteiger partial charge < -0.3 is 20.1 Å². The fourth-order valence-electron chi connectivity index (χ4n) is 2.17. The van der Waals surface area contributed by atoms with Crippen molar-refractivity contribution >= 4 is 17.7 Å². The molecule has 1 aliphatic heterocycles. The highest BCUT2D eigenvalue weighted by molar-refractivity contribution is 5.93. The van der Waals surface area contributed by atoms with Gasteiger partial charge >= 0.3 is 12.0 Å². The summed E-state index contributed by atoms with van der Waals surface area (Å²) in [5.74, 6) is -0.434. The number of anilines is 1. The molecule has 0 aromatic heterocycles. The minimum absolute atomic E-state index is 0.296. The number of ether oxygens (including phenoxy) is 2. The summed E-state index contributed by atoms with van der Waals surface area (Å²) in [5.41, 5.74) is 0.945. The summed E-state index contributed by atoms with van der Waals surface area (Å²) in [5, 5.41) is 5.49. The molecule has 1 aromatic rings. The van der Waals surface area contributed by atoms with E-state index in [0.29, 0.717) is 17.8 Å². The Bertz CT molecular complexity index is 515. The van der Waals surface area contributed by atoms with Crippen LogP contribution in [0.5, 0.6) is 0 Å². The molecule has 0 radical (unpaired) electrons. The normalized spacial score (nSPS) is 15.1. The molecule has 0 aliphatic carbocycles. The molecule has 2 amide bonds. The molecular weight excluding hydrogens is 286 g/mol. The Morgan fingerprint density at radius 3 is 2.82 bits per heavy atom. The van der Waals surface area contributed by atoms with Crippen LogP contribution in [-0.4, -0.2) is 63.4 Å². The molecule has 0 spiro atoms. The van der Waals surface area contributed by atoms with Crippen LogP contribution in [0.4, 0.5) is 10.5 Å². The van der Waals surface area contributed by atoms with Crippen molar-refractivity contribution in [1.29, 1.82) is 0 Å². The molecule has 1 fully saturated rings. The molecular formula is C15H21N3O4. The van der Waals surface area contributed by atoms with Crippen LogP contribution in [0.1, 0.15) is 10.4 Å². The van der Waals surface area contributed by atoms with Crippen LogP contribution in [0.25, 0.3) is 0 Å². The number of esters is 1. The molecule has 1 aromatic carbocycles. The van der Waals surface area contributed by atoms with Crippen molar-refractivity contribution in [2.45, 2.75) is 0 Å². The van der Waals surface area contributed by atoms with Gasteiger partial charge in [-0.25, -0.2) is 9.59 Å². The minimum Gasteiger partial charge on any atom is -0.465 e. The summed E-state index contributed by atoms with van der Waals surface area (Å²) in [4.78, 5) is 25.5. The van der Waals surface area contributed by atoms with Gasteiger partial charge in [-0.1, -0.05) is 6.07 Å². The van der Waals surface area contributed by atoms with E-state index in [0.717, 1.165) is 32.8 Å². The van der Waals surface area contributed by atoms with Crippen molar-refractivity contribution in [3.8, 4) is 0 Å². The van der Waals surface area contributed by atoms with E-state index in [4.69, 9.17) is 4.74 Å². The Balaban J connectivity index is 1.75. The standard InChI is InChI=1S/C15H21N3O4/c1-21-14(19)12-3-2-4-13(11-12)17-15(20)16-5-6-18-7-9-22-10-8-18/h2-4,11H,5-10H2,1H3,(H2,16,17,20). The molecule has 120 valence electrons. The predicted octanol–water partition coefficient (Wildman–Crippen LogP) is 0.927. The first-order valence-electron chi connectivity index (χ1n) is 7.22. The van der Waals surface area contributed by atoms with Gasteiger partial charge in [0, 0.05) is 31.9 Å². The second-order valence-electron chi connectivity index (χ2n) is 4.91. The first-order valence-corrected chi connectivity index (χ1v) is 7.22. The molecule has 0 saturated carbocycles. The average molecular weight is 307 g/mol. The van der Waals surface area contributed by atoms with E-state index in [2.05, 4.69) is 20.3 Å². The second kappa shape index (κ2) is 8.35. The van der Waals surface area contributed by atoms with Crippen LogP contribution >= 0.6 is 0 Å². The highest BCUT2D eigenvalue weighted by Crippen LogP contribution is 2.11. The van der Waals surface area contributed by atoms with Gasteiger partial charge in [-0.15, -0.1) is 0 Å². The Kier molecular flexibility index (Phi) is 6.17. The highest BCUT2D eigenvalue weighted by Gasteiger charge is 2.11. The highest BCUT2D eigenvalue weighted by atomic mass is 16.5. The van der Waals surface area contributed by atoms with Crippen molar-refractivity contribution in [3.05, 3.63) is 29.8 Å². The molecule has 2 N–H and O–H groups in total. The van der Waals surface area contributed by atoms with Crippen LogP contribution in [-0.2, 0) is 9.47 Å². The SMILES string of the molecule is COC(=O)c1cccc(NC(=O)NCCN2CCOCC2)c1. The Hall–Kier alpha value is -2.12. The topological polar surface area (TPSA) is 79.9 Å². The zero-order valence-corrected chi connectivity index (χ0v) is 12.6. The van der Waals surface area contributed by atoms with Gasteiger partial charge in [-0.2, -0.15) is 0 Å². The third kappa shape index (κ3) is 5.01. The maximum absolute atomic E-state index is 11.8. The monoisotopic (exact) mass is 307 g/mol. The molecule has 0 bridgehead atoms. The van der Waals surface area contributed by atoms with E-state index in [1.807, 2.05) is 0 Å². The molecule has 0 unspecified atom stereocenters. The number of nitrogens with zero attached hydrogens (tertiary/aromatic N) is 1. The van der Waals surface area contributed by atoms with E-state index < -0.39 is 5.97 Å². The number of hydrogen-bond donors (Lipinski definition) is 2. The summed E-state index contributed by atoms with van der Waals surface area (Å²) < 4.78 is 9.91. The van der Waals surface area contributed by atoms with E-state index >= 15 is 0 Å². The number of benzene rings is 1. The molecule has 0 atom stereocenters. The maximum atomic E-state index is 11.8. The number of morpholine rings is 1. The van der Waals surface area contributed by atoms with Crippen molar-refractivity contribution in [2.75, 3.05) is 51.8 Å². The lowest BCUT2D eigenvalue weighted by atomic mass is 10.2. The Morgan fingerprint density at radius 2 is 2.09 bits per heavy atom. The van der Waals surface area contributed by atoms with E-state index in [-0.39, 0.29) is 6.03 Å². The summed E-state index contributed by atoms with van der Waals surface area (Å²) in [6.45, 7) is 4.62. The van der Waals surface area contributed by atoms with Gasteiger partial charge in [-0.3, -0.25) is 4.90 Å². The van der Waals surface area contributed by atoms with Gasteiger partial charge in [0.25, 0.3) is 0 Å². The number of carbonyl (C=O) groups excluding carboxylic acids is 2. The number of carbonyl (C=O) groups is 2. The van der Waals surface area contributed by atoms with Crippen LogP contribution in [0, 0.1) is 0 Å². The molecule has 22 heavy (non-hydrogen) atoms. The third-order valence-corrected chi connectivity index (χ3v) is 3.36. The van der Waals surface area contributed by atoms with E-state index in [1.165, 1.54) is 7.11 Å². The number of nitrogens with one attached hydrogen (secondary N) is 2. The molecule has 1 saturated heterocycles. The molecule has 7 heteroatoms. The quantitative estimate of drug-likeness (QED) is 0.791. The summed E-state index contributed by atoms with van der Waals surface area (Å²) in [7, 11) is 1.32. The first-order chi connectivity index (χ1) is 10.7. The zero-order chi connectivity index (χ0) is 15.8. The maximum Gasteiger partial charge on any atom is 0.337 e. The van der Waals surface area contributed by atoms with Gasteiger partial charge in [0.05, 0.1) is 25.9 Å². The fraction of sp³-hybridized carbons (Fsp3) is 0.467. The Labute approximate surface area is 129 Å². The van der Waals surface area contributed by atoms with Crippen molar-refractivity contribution < 1.29 is 19.1 Å². The number of hydrogen-bond acceptors (Lipinski definition) is 5. The average Bonchev–Trinajstić information content (AvgIpc) is 2.55. The number of methoxy groups -OCH3 is 1.